The van der Waals surface area contributed by atoms with Gasteiger partial charge in [-0.2, -0.15) is 9.13 Å². The van der Waals surface area contributed by atoms with Gasteiger partial charge >= 0.3 is 0 Å². The zero-order chi connectivity index (χ0) is 39.0. The summed E-state index contributed by atoms with van der Waals surface area (Å²) in [5, 5.41) is 4.82. The summed E-state index contributed by atoms with van der Waals surface area (Å²) < 4.78 is 15.9. The molecular weight excluding hydrogens is 711 g/mol. The number of para-hydroxylation sites is 7. The Hall–Kier alpha value is -7.44. The zero-order valence-electron chi connectivity index (χ0n) is 32.5. The van der Waals surface area contributed by atoms with Crippen LogP contribution in [0.15, 0.2) is 188 Å². The smallest absolute Gasteiger partial charge is 0.255 e. The maximum absolute atomic E-state index is 6.71. The second-order valence-corrected chi connectivity index (χ2v) is 16.0. The summed E-state index contributed by atoms with van der Waals surface area (Å²) in [5.41, 5.74) is 11.1. The van der Waals surface area contributed by atoms with Crippen LogP contribution in [0.3, 0.4) is 0 Å². The van der Waals surface area contributed by atoms with Crippen molar-refractivity contribution in [3.05, 3.63) is 194 Å². The maximum atomic E-state index is 6.71. The first-order chi connectivity index (χ1) is 28.4. The van der Waals surface area contributed by atoms with E-state index in [2.05, 4.69) is 215 Å². The van der Waals surface area contributed by atoms with Crippen LogP contribution in [0.25, 0.3) is 77.5 Å². The molecule has 0 spiro atoms. The fraction of sp³-hybridized carbons (Fsp3) is 0.0769. The second-order valence-electron chi connectivity index (χ2n) is 16.0. The standard InChI is InChI=1S/C52H40N5O/c1-52(2,3)35-29-30-53-51(31-35)57-45-22-9-6-19-41(45)42-28-27-38(33-50(42)57)58-37-16-14-15-36(32-37)54-34-55(47-24-11-10-23-46(47)54)48-25-12-13-26-49(48)56-43-20-7-4-17-39(43)40-18-5-8-21-44(40)56/h4-34H,1-3H3/q+1. The summed E-state index contributed by atoms with van der Waals surface area (Å²) in [6, 6.07) is 62.1. The van der Waals surface area contributed by atoms with Gasteiger partial charge in [-0.05, 0) is 89.8 Å². The average Bonchev–Trinajstić information content (AvgIpc) is 3.92. The van der Waals surface area contributed by atoms with Gasteiger partial charge in [-0.3, -0.25) is 4.57 Å². The van der Waals surface area contributed by atoms with Gasteiger partial charge < -0.3 is 9.30 Å². The molecule has 58 heavy (non-hydrogen) atoms. The molecular formula is C52H40N5O+. The molecule has 0 atom stereocenters. The van der Waals surface area contributed by atoms with E-state index in [1.165, 1.54) is 32.8 Å². The van der Waals surface area contributed by atoms with E-state index in [1.54, 1.807) is 0 Å². The lowest BCUT2D eigenvalue weighted by atomic mass is 9.88. The third-order valence-electron chi connectivity index (χ3n) is 11.4. The van der Waals surface area contributed by atoms with Crippen LogP contribution in [0.5, 0.6) is 11.5 Å². The van der Waals surface area contributed by atoms with Crippen molar-refractivity contribution in [1.82, 2.24) is 18.7 Å². The van der Waals surface area contributed by atoms with Gasteiger partial charge in [0.25, 0.3) is 6.33 Å². The minimum Gasteiger partial charge on any atom is -0.457 e. The van der Waals surface area contributed by atoms with Crippen LogP contribution in [-0.2, 0) is 5.41 Å². The highest BCUT2D eigenvalue weighted by atomic mass is 16.5. The lowest BCUT2D eigenvalue weighted by Gasteiger charge is -2.20. The Morgan fingerprint density at radius 1 is 0.500 bits per heavy atom. The topological polar surface area (TPSA) is 40.8 Å². The summed E-state index contributed by atoms with van der Waals surface area (Å²) in [7, 11) is 0. The summed E-state index contributed by atoms with van der Waals surface area (Å²) in [4.78, 5) is 4.87. The molecule has 0 radical (unpaired) electrons. The first-order valence-corrected chi connectivity index (χ1v) is 19.8. The number of rotatable bonds is 6. The number of imidazole rings is 1. The van der Waals surface area contributed by atoms with E-state index in [-0.39, 0.29) is 5.41 Å². The van der Waals surface area contributed by atoms with Gasteiger partial charge in [0.05, 0.1) is 27.8 Å². The molecule has 0 unspecified atom stereocenters. The highest BCUT2D eigenvalue weighted by molar-refractivity contribution is 6.10. The molecule has 6 nitrogen and oxygen atoms in total. The summed E-state index contributed by atoms with van der Waals surface area (Å²) in [5.74, 6) is 2.40. The van der Waals surface area contributed by atoms with E-state index < -0.39 is 0 Å². The molecule has 0 saturated carbocycles. The maximum Gasteiger partial charge on any atom is 0.255 e. The molecule has 0 aliphatic rings. The molecule has 0 N–H and O–H groups in total. The monoisotopic (exact) mass is 750 g/mol. The predicted molar refractivity (Wildman–Crippen MR) is 236 cm³/mol. The van der Waals surface area contributed by atoms with E-state index >= 15 is 0 Å². The number of nitrogens with zero attached hydrogens (tertiary/aromatic N) is 5. The van der Waals surface area contributed by atoms with Crippen molar-refractivity contribution in [2.45, 2.75) is 26.2 Å². The Labute approximate surface area is 336 Å². The third-order valence-corrected chi connectivity index (χ3v) is 11.4. The van der Waals surface area contributed by atoms with Crippen LogP contribution in [0.4, 0.5) is 0 Å². The largest absolute Gasteiger partial charge is 0.457 e. The van der Waals surface area contributed by atoms with Gasteiger partial charge in [0.1, 0.15) is 23.0 Å². The van der Waals surface area contributed by atoms with E-state index in [1.807, 2.05) is 12.3 Å². The van der Waals surface area contributed by atoms with Crippen molar-refractivity contribution < 1.29 is 9.30 Å². The molecule has 7 aromatic carbocycles. The fourth-order valence-electron chi connectivity index (χ4n) is 8.65. The first-order valence-electron chi connectivity index (χ1n) is 19.8. The van der Waals surface area contributed by atoms with Crippen molar-refractivity contribution in [3.63, 3.8) is 0 Å². The number of fused-ring (bicyclic) bond motifs is 7. The van der Waals surface area contributed by atoms with Gasteiger partial charge in [-0.15, -0.1) is 0 Å². The minimum absolute atomic E-state index is 0.00418. The molecule has 11 aromatic rings. The van der Waals surface area contributed by atoms with Crippen LogP contribution in [0.2, 0.25) is 0 Å². The van der Waals surface area contributed by atoms with E-state index in [0.29, 0.717) is 0 Å². The van der Waals surface area contributed by atoms with Crippen molar-refractivity contribution in [2.75, 3.05) is 0 Å². The lowest BCUT2D eigenvalue weighted by molar-refractivity contribution is -0.567. The molecule has 11 rings (SSSR count). The van der Waals surface area contributed by atoms with Crippen LogP contribution in [0.1, 0.15) is 26.3 Å². The van der Waals surface area contributed by atoms with E-state index in [4.69, 9.17) is 9.72 Å². The molecule has 278 valence electrons. The molecule has 0 aliphatic carbocycles. The normalized spacial score (nSPS) is 12.1. The Bertz CT molecular complexity index is 3320. The number of pyridine rings is 1. The number of benzene rings is 7. The fourth-order valence-corrected chi connectivity index (χ4v) is 8.65. The van der Waals surface area contributed by atoms with Crippen LogP contribution >= 0.6 is 0 Å². The predicted octanol–water partition coefficient (Wildman–Crippen LogP) is 12.6. The summed E-state index contributed by atoms with van der Waals surface area (Å²) in [6.07, 6.45) is 4.11. The molecule has 6 heteroatoms. The van der Waals surface area contributed by atoms with Crippen molar-refractivity contribution in [1.29, 1.82) is 0 Å². The Balaban J connectivity index is 1.01. The summed E-state index contributed by atoms with van der Waals surface area (Å²) in [6.45, 7) is 6.71. The van der Waals surface area contributed by atoms with Gasteiger partial charge in [-0.1, -0.05) is 106 Å². The SMILES string of the molecule is CC(C)(C)c1ccnc(-n2c3ccccc3c3ccc(Oc4cccc(-n5c[n+](-c6ccccc6-n6c7ccccc7c7ccccc76)c6ccccc65)c4)cc32)c1. The Kier molecular flexibility index (Phi) is 7.63. The van der Waals surface area contributed by atoms with Gasteiger partial charge in [0, 0.05) is 39.9 Å². The first kappa shape index (κ1) is 33.9. The molecule has 0 bridgehead atoms. The van der Waals surface area contributed by atoms with Crippen molar-refractivity contribution in [3.8, 4) is 34.4 Å². The van der Waals surface area contributed by atoms with Gasteiger partial charge in [0.15, 0.2) is 16.7 Å². The average molecular weight is 751 g/mol. The Morgan fingerprint density at radius 3 is 1.83 bits per heavy atom. The number of hydrogen-bond donors (Lipinski definition) is 0. The minimum atomic E-state index is -0.00418. The molecule has 0 aliphatic heterocycles. The highest BCUT2D eigenvalue weighted by Gasteiger charge is 2.24. The Morgan fingerprint density at radius 2 is 1.10 bits per heavy atom. The lowest BCUT2D eigenvalue weighted by Crippen LogP contribution is -2.30. The van der Waals surface area contributed by atoms with Crippen LogP contribution in [-0.4, -0.2) is 18.7 Å². The van der Waals surface area contributed by atoms with Crippen LogP contribution < -0.4 is 9.30 Å². The molecule has 4 aromatic heterocycles. The van der Waals surface area contributed by atoms with Gasteiger partial charge in [0.2, 0.25) is 0 Å². The summed E-state index contributed by atoms with van der Waals surface area (Å²) >= 11 is 0. The molecule has 0 fully saturated rings. The van der Waals surface area contributed by atoms with E-state index in [0.717, 1.165) is 61.8 Å². The number of aromatic nitrogens is 5. The second kappa shape index (κ2) is 13.1. The quantitative estimate of drug-likeness (QED) is 0.159. The van der Waals surface area contributed by atoms with Crippen molar-refractivity contribution in [2.24, 2.45) is 0 Å². The van der Waals surface area contributed by atoms with E-state index in [9.17, 15) is 0 Å². The van der Waals surface area contributed by atoms with Crippen molar-refractivity contribution >= 4 is 54.6 Å². The number of hydrogen-bond acceptors (Lipinski definition) is 2. The molecule has 0 saturated heterocycles. The molecule has 0 amide bonds. The third kappa shape index (κ3) is 5.40. The highest BCUT2D eigenvalue weighted by Crippen LogP contribution is 2.37. The van der Waals surface area contributed by atoms with Crippen LogP contribution in [0, 0.1) is 0 Å². The van der Waals surface area contributed by atoms with Gasteiger partial charge in [-0.25, -0.2) is 4.98 Å². The number of ether oxygens (including phenoxy) is 1. The molecule has 4 heterocycles. The zero-order valence-corrected chi connectivity index (χ0v) is 32.5.